The van der Waals surface area contributed by atoms with E-state index in [0.717, 1.165) is 50.0 Å². The van der Waals surface area contributed by atoms with Crippen molar-refractivity contribution in [1.29, 1.82) is 0 Å². The highest BCUT2D eigenvalue weighted by Crippen LogP contribution is 2.29. The van der Waals surface area contributed by atoms with Gasteiger partial charge < -0.3 is 5.32 Å². The van der Waals surface area contributed by atoms with E-state index < -0.39 is 0 Å². The molecule has 30 heavy (non-hydrogen) atoms. The van der Waals surface area contributed by atoms with Gasteiger partial charge in [-0.15, -0.1) is 11.8 Å². The van der Waals surface area contributed by atoms with E-state index in [1.807, 2.05) is 74.0 Å². The van der Waals surface area contributed by atoms with E-state index in [2.05, 4.69) is 17.4 Å². The molecule has 4 aromatic rings. The van der Waals surface area contributed by atoms with Crippen LogP contribution in [0.3, 0.4) is 0 Å². The van der Waals surface area contributed by atoms with E-state index in [1.54, 1.807) is 11.8 Å². The van der Waals surface area contributed by atoms with Crippen molar-refractivity contribution in [2.24, 2.45) is 0 Å². The Labute approximate surface area is 180 Å². The molecule has 4 rings (SSSR count). The number of nitrogens with one attached hydrogen (secondary N) is 1. The Morgan fingerprint density at radius 2 is 1.80 bits per heavy atom. The molecule has 0 aliphatic heterocycles. The minimum Gasteiger partial charge on any atom is -0.326 e. The van der Waals surface area contributed by atoms with Gasteiger partial charge in [0.15, 0.2) is 5.65 Å². The second kappa shape index (κ2) is 8.32. The van der Waals surface area contributed by atoms with E-state index in [9.17, 15) is 4.79 Å². The van der Waals surface area contributed by atoms with Gasteiger partial charge in [-0.2, -0.15) is 5.10 Å². The van der Waals surface area contributed by atoms with Crippen LogP contribution < -0.4 is 5.32 Å². The largest absolute Gasteiger partial charge is 0.326 e. The summed E-state index contributed by atoms with van der Waals surface area (Å²) in [6.07, 6.45) is 2.27. The summed E-state index contributed by atoms with van der Waals surface area (Å²) < 4.78 is 1.86. The van der Waals surface area contributed by atoms with Crippen molar-refractivity contribution in [3.8, 4) is 11.1 Å². The first-order valence-electron chi connectivity index (χ1n) is 9.82. The van der Waals surface area contributed by atoms with Crippen LogP contribution in [0.5, 0.6) is 0 Å². The molecule has 0 unspecified atom stereocenters. The Kier molecular flexibility index (Phi) is 5.59. The molecule has 0 saturated carbocycles. The van der Waals surface area contributed by atoms with Crippen LogP contribution in [0, 0.1) is 20.8 Å². The van der Waals surface area contributed by atoms with E-state index in [-0.39, 0.29) is 12.3 Å². The lowest BCUT2D eigenvalue weighted by molar-refractivity contribution is -0.115. The number of carbonyl (C=O) groups excluding carboxylic acids is 1. The maximum Gasteiger partial charge on any atom is 0.228 e. The van der Waals surface area contributed by atoms with Crippen LogP contribution in [-0.2, 0) is 11.2 Å². The van der Waals surface area contributed by atoms with Crippen molar-refractivity contribution in [2.45, 2.75) is 32.1 Å². The molecule has 5 nitrogen and oxygen atoms in total. The Balaban J connectivity index is 1.68. The van der Waals surface area contributed by atoms with Crippen LogP contribution in [-0.4, -0.2) is 26.8 Å². The third-order valence-corrected chi connectivity index (χ3v) is 5.98. The molecule has 2 heterocycles. The van der Waals surface area contributed by atoms with Crippen LogP contribution in [0.4, 0.5) is 5.69 Å². The van der Waals surface area contributed by atoms with E-state index >= 15 is 0 Å². The fourth-order valence-corrected chi connectivity index (χ4v) is 4.19. The van der Waals surface area contributed by atoms with Gasteiger partial charge in [0.1, 0.15) is 0 Å². The Morgan fingerprint density at radius 1 is 1.03 bits per heavy atom. The Morgan fingerprint density at radius 3 is 2.53 bits per heavy atom. The SMILES string of the molecule is CSc1cccc(NC(=O)Cc2c(C)nc3c(-c4ccccc4)c(C)nn3c2C)c1. The number of hydrogen-bond acceptors (Lipinski definition) is 4. The first-order valence-corrected chi connectivity index (χ1v) is 11.0. The number of carbonyl (C=O) groups is 1. The summed E-state index contributed by atoms with van der Waals surface area (Å²) in [5.74, 6) is -0.0623. The average Bonchev–Trinajstić information content (AvgIpc) is 3.07. The predicted molar refractivity (Wildman–Crippen MR) is 123 cm³/mol. The number of rotatable bonds is 5. The topological polar surface area (TPSA) is 59.3 Å². The molecule has 0 atom stereocenters. The van der Waals surface area contributed by atoms with Gasteiger partial charge in [-0.1, -0.05) is 36.4 Å². The van der Waals surface area contributed by atoms with Crippen LogP contribution >= 0.6 is 11.8 Å². The van der Waals surface area contributed by atoms with Gasteiger partial charge in [0.25, 0.3) is 0 Å². The molecule has 2 aromatic carbocycles. The molecule has 0 fully saturated rings. The maximum atomic E-state index is 12.7. The van der Waals surface area contributed by atoms with E-state index in [0.29, 0.717) is 0 Å². The third kappa shape index (κ3) is 3.83. The van der Waals surface area contributed by atoms with Crippen LogP contribution in [0.2, 0.25) is 0 Å². The second-order valence-corrected chi connectivity index (χ2v) is 8.16. The van der Waals surface area contributed by atoms with Gasteiger partial charge in [0.2, 0.25) is 5.91 Å². The standard InChI is InChI=1S/C24H24N4OS/c1-15-21(14-22(29)26-19-11-8-12-20(13-19)30-4)17(3)28-24(25-15)23(16(2)27-28)18-9-6-5-7-10-18/h5-13H,14H2,1-4H3,(H,26,29). The molecule has 152 valence electrons. The number of benzene rings is 2. The monoisotopic (exact) mass is 416 g/mol. The number of fused-ring (bicyclic) bond motifs is 1. The molecule has 2 aromatic heterocycles. The summed E-state index contributed by atoms with van der Waals surface area (Å²) in [5, 5.41) is 7.72. The number of hydrogen-bond donors (Lipinski definition) is 1. The Hall–Kier alpha value is -3.12. The first-order chi connectivity index (χ1) is 14.5. The molecular formula is C24H24N4OS. The smallest absolute Gasteiger partial charge is 0.228 e. The summed E-state index contributed by atoms with van der Waals surface area (Å²) in [6, 6.07) is 18.0. The van der Waals surface area contributed by atoms with Crippen molar-refractivity contribution < 1.29 is 4.79 Å². The minimum atomic E-state index is -0.0623. The molecule has 0 aliphatic rings. The summed E-state index contributed by atoms with van der Waals surface area (Å²) in [5.41, 5.74) is 7.38. The molecule has 0 spiro atoms. The van der Waals surface area contributed by atoms with Crippen LogP contribution in [0.1, 0.15) is 22.6 Å². The van der Waals surface area contributed by atoms with Crippen LogP contribution in [0.15, 0.2) is 59.5 Å². The van der Waals surface area contributed by atoms with Gasteiger partial charge in [-0.05, 0) is 50.8 Å². The maximum absolute atomic E-state index is 12.7. The van der Waals surface area contributed by atoms with Crippen molar-refractivity contribution in [3.63, 3.8) is 0 Å². The van der Waals surface area contributed by atoms with Crippen molar-refractivity contribution in [1.82, 2.24) is 14.6 Å². The molecular weight excluding hydrogens is 392 g/mol. The van der Waals surface area contributed by atoms with Gasteiger partial charge in [0.05, 0.1) is 12.1 Å². The Bertz CT molecular complexity index is 1230. The fourth-order valence-electron chi connectivity index (χ4n) is 3.73. The molecule has 0 saturated heterocycles. The van der Waals surface area contributed by atoms with E-state index in [1.165, 1.54) is 0 Å². The number of nitrogens with zero attached hydrogens (tertiary/aromatic N) is 3. The lowest BCUT2D eigenvalue weighted by Gasteiger charge is -2.12. The molecule has 6 heteroatoms. The second-order valence-electron chi connectivity index (χ2n) is 7.28. The van der Waals surface area contributed by atoms with Crippen molar-refractivity contribution in [3.05, 3.63) is 77.2 Å². The third-order valence-electron chi connectivity index (χ3n) is 5.25. The number of amides is 1. The highest BCUT2D eigenvalue weighted by Gasteiger charge is 2.19. The number of anilines is 1. The molecule has 1 amide bonds. The number of aromatic nitrogens is 3. The molecule has 0 radical (unpaired) electrons. The predicted octanol–water partition coefficient (Wildman–Crippen LogP) is 5.22. The lowest BCUT2D eigenvalue weighted by Crippen LogP contribution is -2.17. The molecule has 0 bridgehead atoms. The zero-order chi connectivity index (χ0) is 21.3. The first kappa shape index (κ1) is 20.2. The zero-order valence-corrected chi connectivity index (χ0v) is 18.4. The summed E-state index contributed by atoms with van der Waals surface area (Å²) in [4.78, 5) is 18.7. The minimum absolute atomic E-state index is 0.0623. The summed E-state index contributed by atoms with van der Waals surface area (Å²) >= 11 is 1.65. The normalized spacial score (nSPS) is 11.1. The summed E-state index contributed by atoms with van der Waals surface area (Å²) in [7, 11) is 0. The highest BCUT2D eigenvalue weighted by atomic mass is 32.2. The number of aryl methyl sites for hydroxylation is 3. The number of thioether (sulfide) groups is 1. The lowest BCUT2D eigenvalue weighted by atomic mass is 10.1. The van der Waals surface area contributed by atoms with Crippen LogP contribution in [0.25, 0.3) is 16.8 Å². The quantitative estimate of drug-likeness (QED) is 0.453. The fraction of sp³-hybridized carbons (Fsp3) is 0.208. The highest BCUT2D eigenvalue weighted by molar-refractivity contribution is 7.98. The average molecular weight is 417 g/mol. The summed E-state index contributed by atoms with van der Waals surface area (Å²) in [6.45, 7) is 5.96. The van der Waals surface area contributed by atoms with E-state index in [4.69, 9.17) is 10.1 Å². The van der Waals surface area contributed by atoms with Crippen molar-refractivity contribution in [2.75, 3.05) is 11.6 Å². The molecule has 0 aliphatic carbocycles. The van der Waals surface area contributed by atoms with Gasteiger partial charge in [-0.3, -0.25) is 4.79 Å². The van der Waals surface area contributed by atoms with Gasteiger partial charge >= 0.3 is 0 Å². The van der Waals surface area contributed by atoms with Gasteiger partial charge in [0, 0.05) is 33.1 Å². The van der Waals surface area contributed by atoms with Gasteiger partial charge in [-0.25, -0.2) is 9.50 Å². The van der Waals surface area contributed by atoms with Crippen molar-refractivity contribution >= 4 is 29.0 Å². The zero-order valence-electron chi connectivity index (χ0n) is 17.6. The molecule has 1 N–H and O–H groups in total.